The van der Waals surface area contributed by atoms with Crippen LogP contribution in [0.2, 0.25) is 0 Å². The van der Waals surface area contributed by atoms with Crippen LogP contribution in [0.5, 0.6) is 11.5 Å². The Balaban J connectivity index is 1.64. The minimum Gasteiger partial charge on any atom is -0.497 e. The molecule has 3 aromatic rings. The molecule has 1 N–H and O–H groups in total. The van der Waals surface area contributed by atoms with E-state index < -0.39 is 5.97 Å². The number of ether oxygens (including phenoxy) is 3. The van der Waals surface area contributed by atoms with E-state index in [1.165, 1.54) is 18.9 Å². The van der Waals surface area contributed by atoms with Gasteiger partial charge in [0.25, 0.3) is 0 Å². The first-order chi connectivity index (χ1) is 19.1. The first-order valence-electron chi connectivity index (χ1n) is 14.1. The molecule has 0 heterocycles. The molecule has 1 saturated carbocycles. The van der Waals surface area contributed by atoms with Crippen LogP contribution in [0.3, 0.4) is 0 Å². The smallest absolute Gasteiger partial charge is 0.303 e. The second kappa shape index (κ2) is 12.9. The van der Waals surface area contributed by atoms with Crippen LogP contribution in [-0.2, 0) is 16.1 Å². The summed E-state index contributed by atoms with van der Waals surface area (Å²) in [6.07, 6.45) is 3.98. The normalized spacial score (nSPS) is 14.9. The van der Waals surface area contributed by atoms with E-state index in [9.17, 15) is 9.90 Å². The largest absolute Gasteiger partial charge is 0.497 e. The van der Waals surface area contributed by atoms with Gasteiger partial charge in [-0.15, -0.1) is 0 Å². The predicted molar refractivity (Wildman–Crippen MR) is 155 cm³/mol. The quantitative estimate of drug-likeness (QED) is 0.219. The fourth-order valence-corrected chi connectivity index (χ4v) is 5.38. The van der Waals surface area contributed by atoms with Gasteiger partial charge in [0.05, 0.1) is 19.6 Å². The molecular weight excluding hydrogens is 507 g/mol. The summed E-state index contributed by atoms with van der Waals surface area (Å²) < 4.78 is 32.7. The third-order valence-corrected chi connectivity index (χ3v) is 8.19. The number of methoxy groups -OCH3 is 2. The highest BCUT2D eigenvalue weighted by Gasteiger charge is 2.32. The number of carboxylic acid groups (broad SMARTS) is 1. The fourth-order valence-electron chi connectivity index (χ4n) is 5.38. The van der Waals surface area contributed by atoms with Crippen LogP contribution in [0.4, 0.5) is 4.39 Å². The first-order valence-corrected chi connectivity index (χ1v) is 14.1. The summed E-state index contributed by atoms with van der Waals surface area (Å²) >= 11 is 0. The average Bonchev–Trinajstić information content (AvgIpc) is 3.76. The van der Waals surface area contributed by atoms with Gasteiger partial charge in [-0.05, 0) is 88.7 Å². The van der Waals surface area contributed by atoms with Crippen molar-refractivity contribution in [1.82, 2.24) is 0 Å². The number of rotatable bonds is 14. The highest BCUT2D eigenvalue weighted by Crippen LogP contribution is 2.44. The lowest BCUT2D eigenvalue weighted by Crippen LogP contribution is -2.24. The predicted octanol–water partition coefficient (Wildman–Crippen LogP) is 8.56. The molecule has 214 valence electrons. The van der Waals surface area contributed by atoms with Gasteiger partial charge in [0.15, 0.2) is 0 Å². The second-order valence-electron chi connectivity index (χ2n) is 11.6. The summed E-state index contributed by atoms with van der Waals surface area (Å²) in [4.78, 5) is 11.5. The summed E-state index contributed by atoms with van der Waals surface area (Å²) in [7, 11) is 3.26. The fraction of sp³-hybridized carbons (Fsp3) is 0.441. The average molecular weight is 549 g/mol. The van der Waals surface area contributed by atoms with Gasteiger partial charge >= 0.3 is 5.97 Å². The van der Waals surface area contributed by atoms with E-state index in [1.54, 1.807) is 26.4 Å². The van der Waals surface area contributed by atoms with Crippen molar-refractivity contribution in [3.63, 3.8) is 0 Å². The van der Waals surface area contributed by atoms with Crippen LogP contribution in [0, 0.1) is 17.2 Å². The lowest BCUT2D eigenvalue weighted by atomic mass is 9.77. The Morgan fingerprint density at radius 1 is 1.02 bits per heavy atom. The van der Waals surface area contributed by atoms with Gasteiger partial charge in [-0.25, -0.2) is 4.39 Å². The summed E-state index contributed by atoms with van der Waals surface area (Å²) in [5.74, 6) is 0.790. The van der Waals surface area contributed by atoms with E-state index in [0.717, 1.165) is 35.1 Å². The third kappa shape index (κ3) is 7.22. The van der Waals surface area contributed by atoms with Crippen LogP contribution < -0.4 is 9.47 Å². The summed E-state index contributed by atoms with van der Waals surface area (Å²) in [6, 6.07) is 18.5. The minimum absolute atomic E-state index is 0.0177. The standard InChI is InChI=1S/C34H41FO5/c1-6-34(2,3)33(39-5)30-17-23(12-14-28(30)29-20-26(38-4)13-15-31(29)35)21-40-27-9-7-8-24(18-27)25(19-32(36)37)16-22-10-11-22/h7-9,12-15,17-18,20,22,25,33H,6,10-11,16,19,21H2,1-5H3,(H,36,37)/t25-,33+/m0/s1. The molecule has 0 aliphatic heterocycles. The van der Waals surface area contributed by atoms with Gasteiger partial charge < -0.3 is 19.3 Å². The van der Waals surface area contributed by atoms with Crippen molar-refractivity contribution in [3.8, 4) is 22.6 Å². The third-order valence-electron chi connectivity index (χ3n) is 8.19. The zero-order valence-corrected chi connectivity index (χ0v) is 24.2. The molecule has 1 aliphatic rings. The Morgan fingerprint density at radius 2 is 1.80 bits per heavy atom. The Hall–Kier alpha value is -3.38. The van der Waals surface area contributed by atoms with Crippen molar-refractivity contribution in [2.75, 3.05) is 14.2 Å². The number of hydrogen-bond donors (Lipinski definition) is 1. The van der Waals surface area contributed by atoms with Crippen molar-refractivity contribution < 1.29 is 28.5 Å². The molecule has 0 aromatic heterocycles. The van der Waals surface area contributed by atoms with Crippen molar-refractivity contribution >= 4 is 5.97 Å². The number of carbonyl (C=O) groups is 1. The molecule has 2 atom stereocenters. The molecule has 0 bridgehead atoms. The molecule has 4 rings (SSSR count). The molecular formula is C34H41FO5. The SMILES string of the molecule is CCC(C)(C)[C@H](OC)c1cc(COc2cccc([C@H](CC(=O)O)CC3CC3)c2)ccc1-c1cc(OC)ccc1F. The van der Waals surface area contributed by atoms with E-state index in [0.29, 0.717) is 29.6 Å². The maximum Gasteiger partial charge on any atom is 0.303 e. The topological polar surface area (TPSA) is 65.0 Å². The molecule has 1 fully saturated rings. The molecule has 0 radical (unpaired) electrons. The Labute approximate surface area is 237 Å². The number of benzene rings is 3. The van der Waals surface area contributed by atoms with Crippen LogP contribution in [0.25, 0.3) is 11.1 Å². The zero-order chi connectivity index (χ0) is 28.9. The lowest BCUT2D eigenvalue weighted by molar-refractivity contribution is -0.137. The van der Waals surface area contributed by atoms with Gasteiger partial charge in [0.1, 0.15) is 23.9 Å². The number of halogens is 1. The summed E-state index contributed by atoms with van der Waals surface area (Å²) in [5.41, 5.74) is 3.84. The van der Waals surface area contributed by atoms with Crippen molar-refractivity contribution in [3.05, 3.63) is 83.2 Å². The van der Waals surface area contributed by atoms with E-state index >= 15 is 4.39 Å². The maximum atomic E-state index is 15.1. The van der Waals surface area contributed by atoms with Gasteiger partial charge in [0, 0.05) is 12.7 Å². The Kier molecular flexibility index (Phi) is 9.52. The zero-order valence-electron chi connectivity index (χ0n) is 24.2. The van der Waals surface area contributed by atoms with Gasteiger partial charge in [0.2, 0.25) is 0 Å². The monoisotopic (exact) mass is 548 g/mol. The first kappa shape index (κ1) is 29.6. The van der Waals surface area contributed by atoms with Crippen LogP contribution >= 0.6 is 0 Å². The van der Waals surface area contributed by atoms with Crippen LogP contribution in [0.1, 0.15) is 81.6 Å². The number of aliphatic carboxylic acids is 1. The van der Waals surface area contributed by atoms with E-state index in [-0.39, 0.29) is 29.7 Å². The summed E-state index contributed by atoms with van der Waals surface area (Å²) in [5, 5.41) is 9.45. The van der Waals surface area contributed by atoms with Crippen molar-refractivity contribution in [1.29, 1.82) is 0 Å². The summed E-state index contributed by atoms with van der Waals surface area (Å²) in [6.45, 7) is 6.73. The molecule has 6 heteroatoms. The van der Waals surface area contributed by atoms with Crippen LogP contribution in [-0.4, -0.2) is 25.3 Å². The van der Waals surface area contributed by atoms with Crippen molar-refractivity contribution in [2.24, 2.45) is 11.3 Å². The molecule has 0 amide bonds. The minimum atomic E-state index is -0.778. The molecule has 5 nitrogen and oxygen atoms in total. The highest BCUT2D eigenvalue weighted by molar-refractivity contribution is 5.71. The van der Waals surface area contributed by atoms with Gasteiger partial charge in [-0.2, -0.15) is 0 Å². The van der Waals surface area contributed by atoms with Crippen LogP contribution in [0.15, 0.2) is 60.7 Å². The molecule has 0 saturated heterocycles. The molecule has 1 aliphatic carbocycles. The number of carboxylic acids is 1. The maximum absolute atomic E-state index is 15.1. The Bertz CT molecular complexity index is 1310. The van der Waals surface area contributed by atoms with E-state index in [1.807, 2.05) is 42.5 Å². The Morgan fingerprint density at radius 3 is 2.45 bits per heavy atom. The molecule has 0 unspecified atom stereocenters. The van der Waals surface area contributed by atoms with E-state index in [2.05, 4.69) is 20.8 Å². The number of hydrogen-bond acceptors (Lipinski definition) is 4. The second-order valence-corrected chi connectivity index (χ2v) is 11.6. The molecule has 3 aromatic carbocycles. The molecule has 0 spiro atoms. The molecule has 40 heavy (non-hydrogen) atoms. The highest BCUT2D eigenvalue weighted by atomic mass is 19.1. The van der Waals surface area contributed by atoms with Gasteiger partial charge in [-0.1, -0.05) is 57.9 Å². The lowest BCUT2D eigenvalue weighted by Gasteiger charge is -2.34. The van der Waals surface area contributed by atoms with Gasteiger partial charge in [-0.3, -0.25) is 4.79 Å². The van der Waals surface area contributed by atoms with E-state index in [4.69, 9.17) is 14.2 Å². The van der Waals surface area contributed by atoms with Crippen molar-refractivity contribution in [2.45, 2.75) is 71.5 Å².